The predicted octanol–water partition coefficient (Wildman–Crippen LogP) is 0.446. The Kier molecular flexibility index (Phi) is 2.65. The van der Waals surface area contributed by atoms with Crippen LogP contribution in [-0.4, -0.2) is 17.6 Å². The van der Waals surface area contributed by atoms with Crippen molar-refractivity contribution in [3.05, 3.63) is 0 Å². The van der Waals surface area contributed by atoms with E-state index in [1.54, 1.807) is 6.92 Å². The van der Waals surface area contributed by atoms with Gasteiger partial charge in [-0.1, -0.05) is 6.92 Å². The lowest BCUT2D eigenvalue weighted by Gasteiger charge is -2.19. The van der Waals surface area contributed by atoms with E-state index in [4.69, 9.17) is 10.8 Å². The highest BCUT2D eigenvalue weighted by Gasteiger charge is 2.28. The molecule has 0 saturated carbocycles. The van der Waals surface area contributed by atoms with Gasteiger partial charge in [-0.15, -0.1) is 0 Å². The van der Waals surface area contributed by atoms with Gasteiger partial charge in [0.2, 0.25) is 0 Å². The highest BCUT2D eigenvalue weighted by Crippen LogP contribution is 2.18. The monoisotopic (exact) mass is 131 g/mol. The van der Waals surface area contributed by atoms with Crippen molar-refractivity contribution in [1.82, 2.24) is 0 Å². The molecule has 0 aromatic rings. The van der Waals surface area contributed by atoms with Crippen LogP contribution in [0.1, 0.15) is 20.3 Å². The van der Waals surface area contributed by atoms with E-state index < -0.39 is 11.4 Å². The molecule has 0 spiro atoms. The Hall–Kier alpha value is -0.570. The van der Waals surface area contributed by atoms with Crippen LogP contribution >= 0.6 is 0 Å². The molecule has 0 amide bonds. The summed E-state index contributed by atoms with van der Waals surface area (Å²) in [6.45, 7) is 3.68. The minimum absolute atomic E-state index is 0.207. The number of carboxylic acids is 1. The SMILES string of the molecule is CC[C@@](C)(CN)C(=O)O. The third kappa shape index (κ3) is 1.68. The number of carboxylic acid groups (broad SMARTS) is 1. The summed E-state index contributed by atoms with van der Waals surface area (Å²) in [6.07, 6.45) is 0.582. The summed E-state index contributed by atoms with van der Waals surface area (Å²) in [5.41, 5.74) is 4.52. The van der Waals surface area contributed by atoms with Gasteiger partial charge in [0.15, 0.2) is 0 Å². The molecule has 3 nitrogen and oxygen atoms in total. The van der Waals surface area contributed by atoms with Crippen LogP contribution in [0.5, 0.6) is 0 Å². The fourth-order valence-electron chi connectivity index (χ4n) is 0.383. The Labute approximate surface area is 54.9 Å². The zero-order chi connectivity index (χ0) is 7.49. The Morgan fingerprint density at radius 1 is 1.78 bits per heavy atom. The standard InChI is InChI=1S/C6H13NO2/c1-3-6(2,4-7)5(8)9/h3-4,7H2,1-2H3,(H,8,9)/t6-/m0/s1. The summed E-state index contributed by atoms with van der Waals surface area (Å²) in [6, 6.07) is 0. The number of hydrogen-bond donors (Lipinski definition) is 2. The van der Waals surface area contributed by atoms with Gasteiger partial charge in [-0.05, 0) is 13.3 Å². The molecule has 0 aromatic heterocycles. The summed E-state index contributed by atoms with van der Waals surface area (Å²) in [5.74, 6) is -0.812. The van der Waals surface area contributed by atoms with Crippen LogP contribution in [0, 0.1) is 5.41 Å². The molecular weight excluding hydrogens is 118 g/mol. The molecule has 54 valence electrons. The highest BCUT2D eigenvalue weighted by atomic mass is 16.4. The molecule has 0 unspecified atom stereocenters. The quantitative estimate of drug-likeness (QED) is 0.584. The van der Waals surface area contributed by atoms with E-state index >= 15 is 0 Å². The molecule has 1 atom stereocenters. The topological polar surface area (TPSA) is 63.3 Å². The average Bonchev–Trinajstić information content (AvgIpc) is 1.86. The third-order valence-corrected chi connectivity index (χ3v) is 1.75. The molecule has 0 rings (SSSR count). The minimum Gasteiger partial charge on any atom is -0.481 e. The van der Waals surface area contributed by atoms with Crippen molar-refractivity contribution in [1.29, 1.82) is 0 Å². The average molecular weight is 131 g/mol. The molecule has 0 fully saturated rings. The molecule has 3 heteroatoms. The Morgan fingerprint density at radius 3 is 2.22 bits per heavy atom. The maximum Gasteiger partial charge on any atom is 0.310 e. The van der Waals surface area contributed by atoms with Gasteiger partial charge in [-0.3, -0.25) is 4.79 Å². The van der Waals surface area contributed by atoms with Crippen molar-refractivity contribution in [3.8, 4) is 0 Å². The molecule has 3 N–H and O–H groups in total. The van der Waals surface area contributed by atoms with E-state index in [1.165, 1.54) is 0 Å². The van der Waals surface area contributed by atoms with E-state index in [1.807, 2.05) is 6.92 Å². The Bertz CT molecular complexity index is 108. The second-order valence-corrected chi connectivity index (χ2v) is 2.42. The molecule has 9 heavy (non-hydrogen) atoms. The van der Waals surface area contributed by atoms with Gasteiger partial charge in [0.1, 0.15) is 0 Å². The van der Waals surface area contributed by atoms with Gasteiger partial charge in [0.05, 0.1) is 5.41 Å². The van der Waals surface area contributed by atoms with Crippen LogP contribution in [0.4, 0.5) is 0 Å². The van der Waals surface area contributed by atoms with Crippen LogP contribution in [-0.2, 0) is 4.79 Å². The lowest BCUT2D eigenvalue weighted by molar-refractivity contribution is -0.147. The second-order valence-electron chi connectivity index (χ2n) is 2.42. The largest absolute Gasteiger partial charge is 0.481 e. The first-order chi connectivity index (χ1) is 4.06. The third-order valence-electron chi connectivity index (χ3n) is 1.75. The minimum atomic E-state index is -0.812. The molecule has 0 aliphatic rings. The number of rotatable bonds is 3. The molecule has 0 aliphatic carbocycles. The number of aliphatic carboxylic acids is 1. The predicted molar refractivity (Wildman–Crippen MR) is 35.1 cm³/mol. The first-order valence-corrected chi connectivity index (χ1v) is 3.00. The normalized spacial score (nSPS) is 16.8. The van der Waals surface area contributed by atoms with E-state index in [9.17, 15) is 4.79 Å². The van der Waals surface area contributed by atoms with Crippen LogP contribution < -0.4 is 5.73 Å². The molecular formula is C6H13NO2. The molecule has 0 saturated heterocycles. The summed E-state index contributed by atoms with van der Waals surface area (Å²) in [5, 5.41) is 8.55. The van der Waals surface area contributed by atoms with E-state index in [-0.39, 0.29) is 6.54 Å². The van der Waals surface area contributed by atoms with Crippen molar-refractivity contribution in [3.63, 3.8) is 0 Å². The van der Waals surface area contributed by atoms with Crippen molar-refractivity contribution < 1.29 is 9.90 Å². The summed E-state index contributed by atoms with van der Waals surface area (Å²) in [7, 11) is 0. The van der Waals surface area contributed by atoms with Crippen LogP contribution in [0.15, 0.2) is 0 Å². The first-order valence-electron chi connectivity index (χ1n) is 3.00. The van der Waals surface area contributed by atoms with Crippen LogP contribution in [0.3, 0.4) is 0 Å². The Balaban J connectivity index is 4.09. The van der Waals surface area contributed by atoms with Crippen molar-refractivity contribution in [2.45, 2.75) is 20.3 Å². The lowest BCUT2D eigenvalue weighted by Crippen LogP contribution is -2.34. The van der Waals surface area contributed by atoms with Crippen LogP contribution in [0.25, 0.3) is 0 Å². The Morgan fingerprint density at radius 2 is 2.22 bits per heavy atom. The van der Waals surface area contributed by atoms with Gasteiger partial charge in [0, 0.05) is 6.54 Å². The second kappa shape index (κ2) is 2.82. The molecule has 0 radical (unpaired) electrons. The summed E-state index contributed by atoms with van der Waals surface area (Å²) >= 11 is 0. The van der Waals surface area contributed by atoms with E-state index in [0.29, 0.717) is 6.42 Å². The summed E-state index contributed by atoms with van der Waals surface area (Å²) < 4.78 is 0. The van der Waals surface area contributed by atoms with Gasteiger partial charge in [-0.25, -0.2) is 0 Å². The van der Waals surface area contributed by atoms with Gasteiger partial charge >= 0.3 is 5.97 Å². The summed E-state index contributed by atoms with van der Waals surface area (Å²) in [4.78, 5) is 10.4. The van der Waals surface area contributed by atoms with Crippen molar-refractivity contribution in [2.75, 3.05) is 6.54 Å². The highest BCUT2D eigenvalue weighted by molar-refractivity contribution is 5.74. The molecule has 0 bridgehead atoms. The van der Waals surface area contributed by atoms with Gasteiger partial charge in [-0.2, -0.15) is 0 Å². The van der Waals surface area contributed by atoms with Crippen LogP contribution in [0.2, 0.25) is 0 Å². The van der Waals surface area contributed by atoms with E-state index in [0.717, 1.165) is 0 Å². The lowest BCUT2D eigenvalue weighted by atomic mass is 9.88. The maximum absolute atomic E-state index is 10.4. The molecule has 0 aliphatic heterocycles. The number of nitrogens with two attached hydrogens (primary N) is 1. The smallest absolute Gasteiger partial charge is 0.310 e. The van der Waals surface area contributed by atoms with Gasteiger partial charge < -0.3 is 10.8 Å². The molecule has 0 heterocycles. The maximum atomic E-state index is 10.4. The number of hydrogen-bond acceptors (Lipinski definition) is 2. The zero-order valence-electron chi connectivity index (χ0n) is 5.85. The first kappa shape index (κ1) is 8.43. The molecule has 0 aromatic carbocycles. The zero-order valence-corrected chi connectivity index (χ0v) is 5.85. The number of carbonyl (C=O) groups is 1. The van der Waals surface area contributed by atoms with Gasteiger partial charge in [0.25, 0.3) is 0 Å². The fourth-order valence-corrected chi connectivity index (χ4v) is 0.383. The van der Waals surface area contributed by atoms with Crippen molar-refractivity contribution in [2.24, 2.45) is 11.1 Å². The van der Waals surface area contributed by atoms with Crippen molar-refractivity contribution >= 4 is 5.97 Å². The van der Waals surface area contributed by atoms with E-state index in [2.05, 4.69) is 0 Å². The fraction of sp³-hybridized carbons (Fsp3) is 0.833.